The van der Waals surface area contributed by atoms with E-state index in [1.54, 1.807) is 0 Å². The molecule has 0 aliphatic carbocycles. The lowest BCUT2D eigenvalue weighted by molar-refractivity contribution is -0.114. The van der Waals surface area contributed by atoms with Crippen molar-refractivity contribution in [3.63, 3.8) is 0 Å². The topological polar surface area (TPSA) is 74.8 Å². The van der Waals surface area contributed by atoms with Crippen molar-refractivity contribution in [2.75, 3.05) is 38.2 Å². The number of benzene rings is 1. The number of hydrogen-bond acceptors (Lipinski definition) is 3. The third kappa shape index (κ3) is 6.45. The number of anilines is 1. The van der Waals surface area contributed by atoms with Crippen LogP contribution in [0.5, 0.6) is 0 Å². The van der Waals surface area contributed by atoms with Gasteiger partial charge in [-0.1, -0.05) is 0 Å². The molecular weight excluding hydrogens is 325 g/mol. The van der Waals surface area contributed by atoms with Crippen molar-refractivity contribution in [3.05, 3.63) is 29.6 Å². The van der Waals surface area contributed by atoms with Crippen LogP contribution in [0.4, 0.5) is 18.9 Å². The molecule has 134 valence electrons. The van der Waals surface area contributed by atoms with Gasteiger partial charge in [-0.05, 0) is 26.0 Å². The first-order chi connectivity index (χ1) is 11.5. The molecule has 9 heteroatoms. The van der Waals surface area contributed by atoms with Crippen LogP contribution < -0.4 is 16.0 Å². The lowest BCUT2D eigenvalue weighted by Crippen LogP contribution is -2.39. The molecule has 24 heavy (non-hydrogen) atoms. The van der Waals surface area contributed by atoms with Crippen molar-refractivity contribution in [1.82, 2.24) is 10.6 Å². The van der Waals surface area contributed by atoms with Crippen molar-refractivity contribution in [2.24, 2.45) is 4.99 Å². The highest BCUT2D eigenvalue weighted by Crippen LogP contribution is 2.19. The fourth-order valence-corrected chi connectivity index (χ4v) is 1.69. The Kier molecular flexibility index (Phi) is 8.63. The summed E-state index contributed by atoms with van der Waals surface area (Å²) in [6.07, 6.45) is 0. The van der Waals surface area contributed by atoms with Crippen molar-refractivity contribution >= 4 is 17.6 Å². The fraction of sp³-hybridized carbons (Fsp3) is 0.467. The highest BCUT2D eigenvalue weighted by atomic mass is 19.2. The highest BCUT2D eigenvalue weighted by molar-refractivity contribution is 5.94. The number of carbonyl (C=O) groups excluding carboxylic acids is 1. The van der Waals surface area contributed by atoms with Gasteiger partial charge in [0.05, 0.1) is 12.3 Å². The molecule has 0 unspecified atom stereocenters. The van der Waals surface area contributed by atoms with E-state index in [0.29, 0.717) is 32.3 Å². The van der Waals surface area contributed by atoms with Gasteiger partial charge in [0.1, 0.15) is 6.54 Å². The summed E-state index contributed by atoms with van der Waals surface area (Å²) in [5.74, 6) is -4.69. The molecular formula is C15H21F3N4O2. The van der Waals surface area contributed by atoms with E-state index >= 15 is 0 Å². The zero-order chi connectivity index (χ0) is 17.9. The highest BCUT2D eigenvalue weighted by Gasteiger charge is 2.15. The molecule has 0 fully saturated rings. The first-order valence-electron chi connectivity index (χ1n) is 7.52. The quantitative estimate of drug-likeness (QED) is 0.290. The molecule has 0 saturated carbocycles. The van der Waals surface area contributed by atoms with Crippen molar-refractivity contribution < 1.29 is 22.7 Å². The Hall–Kier alpha value is -2.29. The fourth-order valence-electron chi connectivity index (χ4n) is 1.69. The first kappa shape index (κ1) is 19.8. The standard InChI is InChI=1S/C15H21F3N4O2/c1-3-19-15(20-7-8-24-4-2)21-9-12(23)22-11-6-5-10(16)13(17)14(11)18/h5-6H,3-4,7-9H2,1-2H3,(H,22,23)(H2,19,20,21). The molecule has 1 aromatic rings. The molecule has 0 aliphatic heterocycles. The molecule has 0 bridgehead atoms. The molecule has 1 rings (SSSR count). The Labute approximate surface area is 138 Å². The van der Waals surface area contributed by atoms with Crippen molar-refractivity contribution in [1.29, 1.82) is 0 Å². The molecule has 0 atom stereocenters. The summed E-state index contributed by atoms with van der Waals surface area (Å²) in [4.78, 5) is 15.8. The normalized spacial score (nSPS) is 11.3. The number of ether oxygens (including phenoxy) is 1. The molecule has 0 saturated heterocycles. The maximum absolute atomic E-state index is 13.5. The Morgan fingerprint density at radius 2 is 1.92 bits per heavy atom. The van der Waals surface area contributed by atoms with Gasteiger partial charge < -0.3 is 20.7 Å². The minimum atomic E-state index is -1.64. The van der Waals surface area contributed by atoms with E-state index in [1.165, 1.54) is 0 Å². The summed E-state index contributed by atoms with van der Waals surface area (Å²) in [5, 5.41) is 8.02. The molecule has 1 aromatic carbocycles. The molecule has 3 N–H and O–H groups in total. The van der Waals surface area contributed by atoms with Gasteiger partial charge in [0.25, 0.3) is 0 Å². The van der Waals surface area contributed by atoms with Crippen LogP contribution in [0, 0.1) is 17.5 Å². The number of halogens is 3. The monoisotopic (exact) mass is 346 g/mol. The SMILES string of the molecule is CCNC(=NCC(=O)Nc1ccc(F)c(F)c1F)NCCOCC. The van der Waals surface area contributed by atoms with Gasteiger partial charge >= 0.3 is 0 Å². The average molecular weight is 346 g/mol. The lowest BCUT2D eigenvalue weighted by Gasteiger charge is -2.11. The van der Waals surface area contributed by atoms with Crippen LogP contribution in [0.25, 0.3) is 0 Å². The second-order valence-corrected chi connectivity index (χ2v) is 4.59. The second kappa shape index (κ2) is 10.5. The molecule has 6 nitrogen and oxygen atoms in total. The summed E-state index contributed by atoms with van der Waals surface area (Å²) in [7, 11) is 0. The van der Waals surface area contributed by atoms with E-state index < -0.39 is 29.0 Å². The van der Waals surface area contributed by atoms with Gasteiger partial charge in [0, 0.05) is 19.7 Å². The van der Waals surface area contributed by atoms with Crippen molar-refractivity contribution in [2.45, 2.75) is 13.8 Å². The van der Waals surface area contributed by atoms with Crippen molar-refractivity contribution in [3.8, 4) is 0 Å². The van der Waals surface area contributed by atoms with E-state index in [4.69, 9.17) is 4.74 Å². The van der Waals surface area contributed by atoms with E-state index in [9.17, 15) is 18.0 Å². The number of guanidine groups is 1. The third-order valence-electron chi connectivity index (χ3n) is 2.78. The van der Waals surface area contributed by atoms with Gasteiger partial charge in [-0.25, -0.2) is 18.2 Å². The largest absolute Gasteiger partial charge is 0.380 e. The molecule has 0 heterocycles. The Morgan fingerprint density at radius 1 is 1.17 bits per heavy atom. The van der Waals surface area contributed by atoms with Crippen LogP contribution >= 0.6 is 0 Å². The molecule has 0 aromatic heterocycles. The summed E-state index contributed by atoms with van der Waals surface area (Å²) < 4.78 is 44.6. The van der Waals surface area contributed by atoms with E-state index in [-0.39, 0.29) is 6.54 Å². The van der Waals surface area contributed by atoms with Gasteiger partial charge in [-0.3, -0.25) is 4.79 Å². The first-order valence-corrected chi connectivity index (χ1v) is 7.52. The zero-order valence-electron chi connectivity index (χ0n) is 13.6. The average Bonchev–Trinajstić information content (AvgIpc) is 2.57. The Balaban J connectivity index is 2.59. The van der Waals surface area contributed by atoms with Crippen LogP contribution in [0.1, 0.15) is 13.8 Å². The van der Waals surface area contributed by atoms with Crippen LogP contribution in [0.2, 0.25) is 0 Å². The molecule has 0 radical (unpaired) electrons. The minimum Gasteiger partial charge on any atom is -0.380 e. The van der Waals surface area contributed by atoms with E-state index in [1.807, 2.05) is 13.8 Å². The third-order valence-corrected chi connectivity index (χ3v) is 2.78. The zero-order valence-corrected chi connectivity index (χ0v) is 13.6. The van der Waals surface area contributed by atoms with Crippen LogP contribution in [0.15, 0.2) is 17.1 Å². The number of nitrogens with one attached hydrogen (secondary N) is 3. The maximum atomic E-state index is 13.5. The van der Waals surface area contributed by atoms with Gasteiger partial charge in [-0.15, -0.1) is 0 Å². The predicted molar refractivity (Wildman–Crippen MR) is 85.4 cm³/mol. The summed E-state index contributed by atoms with van der Waals surface area (Å²) in [6, 6.07) is 1.68. The van der Waals surface area contributed by atoms with Crippen LogP contribution in [-0.4, -0.2) is 44.7 Å². The number of hydrogen-bond donors (Lipinski definition) is 3. The molecule has 1 amide bonds. The number of nitrogens with zero attached hydrogens (tertiary/aromatic N) is 1. The number of carbonyl (C=O) groups is 1. The number of amides is 1. The predicted octanol–water partition coefficient (Wildman–Crippen LogP) is 1.63. The van der Waals surface area contributed by atoms with Gasteiger partial charge in [0.2, 0.25) is 5.91 Å². The number of aliphatic imine (C=N–C) groups is 1. The summed E-state index contributed by atoms with van der Waals surface area (Å²) in [6.45, 7) is 5.57. The molecule has 0 aliphatic rings. The Morgan fingerprint density at radius 3 is 2.58 bits per heavy atom. The summed E-state index contributed by atoms with van der Waals surface area (Å²) in [5.41, 5.74) is -0.441. The summed E-state index contributed by atoms with van der Waals surface area (Å²) >= 11 is 0. The lowest BCUT2D eigenvalue weighted by atomic mass is 10.3. The smallest absolute Gasteiger partial charge is 0.246 e. The second-order valence-electron chi connectivity index (χ2n) is 4.59. The van der Waals surface area contributed by atoms with E-state index in [0.717, 1.165) is 12.1 Å². The molecule has 0 spiro atoms. The van der Waals surface area contributed by atoms with E-state index in [2.05, 4.69) is 20.9 Å². The Bertz CT molecular complexity index is 582. The van der Waals surface area contributed by atoms with Gasteiger partial charge in [0.15, 0.2) is 23.4 Å². The minimum absolute atomic E-state index is 0.317. The number of rotatable bonds is 8. The van der Waals surface area contributed by atoms with Crippen LogP contribution in [0.3, 0.4) is 0 Å². The van der Waals surface area contributed by atoms with Gasteiger partial charge in [-0.2, -0.15) is 0 Å². The maximum Gasteiger partial charge on any atom is 0.246 e. The van der Waals surface area contributed by atoms with Crippen LogP contribution in [-0.2, 0) is 9.53 Å².